The minimum absolute atomic E-state index is 0.177. The fourth-order valence-corrected chi connectivity index (χ4v) is 3.77. The highest BCUT2D eigenvalue weighted by Gasteiger charge is 2.19. The molecule has 0 spiro atoms. The summed E-state index contributed by atoms with van der Waals surface area (Å²) in [6.07, 6.45) is 3.03. The third kappa shape index (κ3) is 3.86. The van der Waals surface area contributed by atoms with Crippen molar-refractivity contribution in [3.05, 3.63) is 28.4 Å². The third-order valence-corrected chi connectivity index (χ3v) is 5.26. The quantitative estimate of drug-likeness (QED) is 0.857. The Labute approximate surface area is 142 Å². The van der Waals surface area contributed by atoms with Crippen LogP contribution in [0.15, 0.2) is 16.6 Å². The SMILES string of the molecule is CC1CCc2nc(SCC(=O)Nc3nncs3)c(C#N)cc2C1. The summed E-state index contributed by atoms with van der Waals surface area (Å²) in [5, 5.41) is 20.6. The number of nitrogens with zero attached hydrogens (tertiary/aromatic N) is 4. The minimum atomic E-state index is -0.177. The Balaban J connectivity index is 1.70. The topological polar surface area (TPSA) is 91.6 Å². The van der Waals surface area contributed by atoms with E-state index in [9.17, 15) is 10.1 Å². The molecule has 1 aliphatic rings. The first-order valence-electron chi connectivity index (χ1n) is 7.27. The van der Waals surface area contributed by atoms with E-state index in [-0.39, 0.29) is 11.7 Å². The van der Waals surface area contributed by atoms with Crippen molar-refractivity contribution in [1.82, 2.24) is 15.2 Å². The van der Waals surface area contributed by atoms with Crippen molar-refractivity contribution in [1.29, 1.82) is 5.26 Å². The fourth-order valence-electron chi connectivity index (χ4n) is 2.53. The molecule has 6 nitrogen and oxygen atoms in total. The maximum Gasteiger partial charge on any atom is 0.236 e. The van der Waals surface area contributed by atoms with Gasteiger partial charge in [-0.2, -0.15) is 5.26 Å². The molecule has 0 aromatic carbocycles. The number of hydrogen-bond donors (Lipinski definition) is 1. The van der Waals surface area contributed by atoms with Crippen LogP contribution in [-0.4, -0.2) is 26.8 Å². The van der Waals surface area contributed by atoms with E-state index >= 15 is 0 Å². The molecule has 0 radical (unpaired) electrons. The van der Waals surface area contributed by atoms with Crippen LogP contribution in [0.5, 0.6) is 0 Å². The van der Waals surface area contributed by atoms with E-state index in [4.69, 9.17) is 0 Å². The molecule has 118 valence electrons. The van der Waals surface area contributed by atoms with Crippen molar-refractivity contribution in [3.8, 4) is 6.07 Å². The van der Waals surface area contributed by atoms with E-state index in [1.165, 1.54) is 28.7 Å². The van der Waals surface area contributed by atoms with Crippen LogP contribution in [0.1, 0.15) is 30.2 Å². The number of nitriles is 1. The monoisotopic (exact) mass is 345 g/mol. The molecule has 3 rings (SSSR count). The van der Waals surface area contributed by atoms with Crippen molar-refractivity contribution in [3.63, 3.8) is 0 Å². The fraction of sp³-hybridized carbons (Fsp3) is 0.400. The summed E-state index contributed by atoms with van der Waals surface area (Å²) in [6.45, 7) is 2.22. The van der Waals surface area contributed by atoms with Crippen LogP contribution in [0.25, 0.3) is 0 Å². The average molecular weight is 345 g/mol. The Kier molecular flexibility index (Phi) is 4.88. The minimum Gasteiger partial charge on any atom is -0.300 e. The molecule has 0 fully saturated rings. The van der Waals surface area contributed by atoms with Gasteiger partial charge in [0.1, 0.15) is 16.6 Å². The van der Waals surface area contributed by atoms with Gasteiger partial charge in [0.25, 0.3) is 0 Å². The molecule has 23 heavy (non-hydrogen) atoms. The summed E-state index contributed by atoms with van der Waals surface area (Å²) in [4.78, 5) is 16.5. The van der Waals surface area contributed by atoms with Gasteiger partial charge in [0.2, 0.25) is 11.0 Å². The normalized spacial score (nSPS) is 16.4. The maximum atomic E-state index is 11.9. The molecule has 0 aliphatic heterocycles. The van der Waals surface area contributed by atoms with Gasteiger partial charge in [-0.25, -0.2) is 4.98 Å². The molecule has 8 heteroatoms. The summed E-state index contributed by atoms with van der Waals surface area (Å²) in [5.74, 6) is 0.645. The lowest BCUT2D eigenvalue weighted by atomic mass is 9.87. The number of pyridine rings is 1. The number of carbonyl (C=O) groups excluding carboxylic acids is 1. The second-order valence-electron chi connectivity index (χ2n) is 5.49. The van der Waals surface area contributed by atoms with Crippen LogP contribution in [0.2, 0.25) is 0 Å². The number of amides is 1. The number of carbonyl (C=O) groups is 1. The van der Waals surface area contributed by atoms with Crippen LogP contribution >= 0.6 is 23.1 Å². The van der Waals surface area contributed by atoms with Gasteiger partial charge in [0.15, 0.2) is 0 Å². The number of fused-ring (bicyclic) bond motifs is 1. The van der Waals surface area contributed by atoms with Crippen molar-refractivity contribution in [2.75, 3.05) is 11.1 Å². The van der Waals surface area contributed by atoms with Crippen LogP contribution in [-0.2, 0) is 17.6 Å². The van der Waals surface area contributed by atoms with Gasteiger partial charge >= 0.3 is 0 Å². The maximum absolute atomic E-state index is 11.9. The van der Waals surface area contributed by atoms with E-state index in [0.29, 0.717) is 21.6 Å². The summed E-state index contributed by atoms with van der Waals surface area (Å²) in [7, 11) is 0. The van der Waals surface area contributed by atoms with E-state index in [1.807, 2.05) is 6.07 Å². The lowest BCUT2D eigenvalue weighted by Crippen LogP contribution is -2.16. The zero-order valence-corrected chi connectivity index (χ0v) is 14.2. The molecule has 2 aromatic rings. The summed E-state index contributed by atoms with van der Waals surface area (Å²) >= 11 is 2.55. The van der Waals surface area contributed by atoms with E-state index in [0.717, 1.165) is 25.0 Å². The van der Waals surface area contributed by atoms with Crippen molar-refractivity contribution in [2.24, 2.45) is 5.92 Å². The molecule has 1 aliphatic carbocycles. The van der Waals surface area contributed by atoms with Gasteiger partial charge in [-0.15, -0.1) is 10.2 Å². The zero-order chi connectivity index (χ0) is 16.2. The van der Waals surface area contributed by atoms with Crippen molar-refractivity contribution >= 4 is 34.1 Å². The van der Waals surface area contributed by atoms with Crippen LogP contribution in [0.3, 0.4) is 0 Å². The second-order valence-corrected chi connectivity index (χ2v) is 7.28. The standard InChI is InChI=1S/C15H15N5OS2/c1-9-2-3-12-10(4-9)5-11(6-16)14(18-12)22-7-13(21)19-15-20-17-8-23-15/h5,8-9H,2-4,7H2,1H3,(H,19,20,21). The summed E-state index contributed by atoms with van der Waals surface area (Å²) in [5.41, 5.74) is 4.34. The molecule has 2 aromatic heterocycles. The van der Waals surface area contributed by atoms with E-state index < -0.39 is 0 Å². The average Bonchev–Trinajstić information content (AvgIpc) is 3.04. The van der Waals surface area contributed by atoms with Gasteiger partial charge < -0.3 is 0 Å². The van der Waals surface area contributed by atoms with Gasteiger partial charge in [-0.1, -0.05) is 30.0 Å². The lowest BCUT2D eigenvalue weighted by Gasteiger charge is -2.21. The smallest absolute Gasteiger partial charge is 0.236 e. The highest BCUT2D eigenvalue weighted by Crippen LogP contribution is 2.29. The first-order chi connectivity index (χ1) is 11.2. The van der Waals surface area contributed by atoms with Gasteiger partial charge in [-0.05, 0) is 36.8 Å². The number of rotatable bonds is 4. The number of hydrogen-bond acceptors (Lipinski definition) is 7. The Hall–Kier alpha value is -1.98. The van der Waals surface area contributed by atoms with Gasteiger partial charge in [0, 0.05) is 5.69 Å². The largest absolute Gasteiger partial charge is 0.300 e. The van der Waals surface area contributed by atoms with Crippen LogP contribution < -0.4 is 5.32 Å². The van der Waals surface area contributed by atoms with Gasteiger partial charge in [-0.3, -0.25) is 10.1 Å². The number of aryl methyl sites for hydroxylation is 1. The highest BCUT2D eigenvalue weighted by atomic mass is 32.2. The molecule has 2 heterocycles. The molecular weight excluding hydrogens is 330 g/mol. The number of nitrogens with one attached hydrogen (secondary N) is 1. The highest BCUT2D eigenvalue weighted by molar-refractivity contribution is 8.00. The van der Waals surface area contributed by atoms with Crippen molar-refractivity contribution < 1.29 is 4.79 Å². The van der Waals surface area contributed by atoms with Gasteiger partial charge in [0.05, 0.1) is 11.3 Å². The molecule has 0 saturated heterocycles. The summed E-state index contributed by atoms with van der Waals surface area (Å²) in [6, 6.07) is 4.13. The number of aromatic nitrogens is 3. The molecule has 1 amide bonds. The lowest BCUT2D eigenvalue weighted by molar-refractivity contribution is -0.113. The van der Waals surface area contributed by atoms with E-state index in [1.54, 1.807) is 5.51 Å². The summed E-state index contributed by atoms with van der Waals surface area (Å²) < 4.78 is 0. The first-order valence-corrected chi connectivity index (χ1v) is 9.14. The molecular formula is C15H15N5OS2. The van der Waals surface area contributed by atoms with Crippen LogP contribution in [0, 0.1) is 17.2 Å². The number of thioether (sulfide) groups is 1. The van der Waals surface area contributed by atoms with E-state index in [2.05, 4.69) is 33.5 Å². The second kappa shape index (κ2) is 7.06. The predicted octanol–water partition coefficient (Wildman–Crippen LogP) is 2.66. The van der Waals surface area contributed by atoms with Crippen molar-refractivity contribution in [2.45, 2.75) is 31.2 Å². The Morgan fingerprint density at radius 2 is 2.48 bits per heavy atom. The molecule has 1 unspecified atom stereocenters. The Bertz CT molecular complexity index is 754. The third-order valence-electron chi connectivity index (χ3n) is 3.67. The van der Waals surface area contributed by atoms with Crippen LogP contribution in [0.4, 0.5) is 5.13 Å². The Morgan fingerprint density at radius 3 is 3.22 bits per heavy atom. The molecule has 0 bridgehead atoms. The first kappa shape index (κ1) is 15.9. The molecule has 0 saturated carbocycles. The number of anilines is 1. The molecule has 1 N–H and O–H groups in total. The predicted molar refractivity (Wildman–Crippen MR) is 89.4 cm³/mol. The molecule has 1 atom stereocenters. The Morgan fingerprint density at radius 1 is 1.61 bits per heavy atom. The zero-order valence-electron chi connectivity index (χ0n) is 12.6.